The van der Waals surface area contributed by atoms with Gasteiger partial charge in [-0.2, -0.15) is 0 Å². The maximum Gasteiger partial charge on any atom is 0.146 e. The van der Waals surface area contributed by atoms with Crippen molar-refractivity contribution in [3.05, 3.63) is 95.0 Å². The standard InChI is InChI=1S/C31H38ClNOS/c1-3-4-5-6-7-8-9-13-24-31(35(34)29-22-16-25(2)17-23-29)30(26-18-20-27(32)21-19-26)33(31)28-14-11-10-12-15-28/h10-12,14-23,30H,3-9,13,24H2,1-2H3/t30-,31-,33?,35-/m1/s1. The average Bonchev–Trinajstić information content (AvgIpc) is 3.56. The van der Waals surface area contributed by atoms with Gasteiger partial charge in [-0.05, 0) is 55.3 Å². The van der Waals surface area contributed by atoms with Crippen LogP contribution in [0.25, 0.3) is 0 Å². The van der Waals surface area contributed by atoms with Gasteiger partial charge in [-0.15, -0.1) is 0 Å². The number of rotatable bonds is 13. The number of halogens is 1. The van der Waals surface area contributed by atoms with Gasteiger partial charge in [0.25, 0.3) is 0 Å². The molecule has 1 saturated heterocycles. The smallest absolute Gasteiger partial charge is 0.146 e. The zero-order valence-electron chi connectivity index (χ0n) is 21.1. The van der Waals surface area contributed by atoms with Gasteiger partial charge < -0.3 is 4.90 Å². The highest BCUT2D eigenvalue weighted by molar-refractivity contribution is 7.87. The lowest BCUT2D eigenvalue weighted by atomic mass is 10.0. The molecule has 1 fully saturated rings. The van der Waals surface area contributed by atoms with Crippen LogP contribution in [0.1, 0.15) is 81.9 Å². The first-order valence-corrected chi connectivity index (χ1v) is 14.7. The molecule has 4 heteroatoms. The lowest BCUT2D eigenvalue weighted by molar-refractivity contribution is 0.551. The van der Waals surface area contributed by atoms with Gasteiger partial charge in [0.2, 0.25) is 0 Å². The lowest BCUT2D eigenvalue weighted by Gasteiger charge is -2.19. The van der Waals surface area contributed by atoms with Gasteiger partial charge >= 0.3 is 0 Å². The quantitative estimate of drug-likeness (QED) is 0.170. The molecule has 0 N–H and O–H groups in total. The van der Waals surface area contributed by atoms with E-state index in [4.69, 9.17) is 11.6 Å². The highest BCUT2D eigenvalue weighted by Crippen LogP contribution is 2.61. The molecule has 0 saturated carbocycles. The van der Waals surface area contributed by atoms with Gasteiger partial charge in [-0.25, -0.2) is 0 Å². The van der Waals surface area contributed by atoms with Crippen molar-refractivity contribution in [2.45, 2.75) is 87.4 Å². The van der Waals surface area contributed by atoms with Crippen LogP contribution in [0.4, 0.5) is 5.69 Å². The van der Waals surface area contributed by atoms with Crippen LogP contribution in [0.15, 0.2) is 83.8 Å². The van der Waals surface area contributed by atoms with Crippen molar-refractivity contribution in [2.24, 2.45) is 0 Å². The highest BCUT2D eigenvalue weighted by Gasteiger charge is 2.67. The minimum Gasteiger partial charge on any atom is -0.342 e. The first-order chi connectivity index (χ1) is 17.1. The Morgan fingerprint density at radius 3 is 2.03 bits per heavy atom. The summed E-state index contributed by atoms with van der Waals surface area (Å²) in [5, 5.41) is 0.731. The van der Waals surface area contributed by atoms with Crippen LogP contribution in [0.3, 0.4) is 0 Å². The fourth-order valence-electron chi connectivity index (χ4n) is 5.24. The van der Waals surface area contributed by atoms with Gasteiger partial charge in [0.15, 0.2) is 0 Å². The Bertz CT molecular complexity index is 1080. The molecule has 2 nitrogen and oxygen atoms in total. The van der Waals surface area contributed by atoms with Gasteiger partial charge in [0.1, 0.15) is 4.87 Å². The second kappa shape index (κ2) is 12.2. The minimum absolute atomic E-state index is 0.0638. The van der Waals surface area contributed by atoms with Crippen molar-refractivity contribution in [3.63, 3.8) is 0 Å². The Balaban J connectivity index is 1.61. The molecule has 3 atom stereocenters. The molecule has 1 aliphatic heterocycles. The molecule has 3 aromatic carbocycles. The first-order valence-electron chi connectivity index (χ1n) is 13.2. The molecule has 3 aromatic rings. The molecule has 0 aliphatic carbocycles. The van der Waals surface area contributed by atoms with Crippen molar-refractivity contribution in [3.8, 4) is 0 Å². The van der Waals surface area contributed by atoms with Gasteiger partial charge in [-0.3, -0.25) is 4.21 Å². The number of nitrogens with zero attached hydrogens (tertiary/aromatic N) is 1. The Morgan fingerprint density at radius 2 is 1.40 bits per heavy atom. The normalized spacial score (nSPS) is 20.1. The van der Waals surface area contributed by atoms with Crippen LogP contribution in [0, 0.1) is 6.92 Å². The van der Waals surface area contributed by atoms with E-state index in [2.05, 4.69) is 67.3 Å². The van der Waals surface area contributed by atoms with Gasteiger partial charge in [0.05, 0.1) is 16.8 Å². The van der Waals surface area contributed by atoms with Crippen molar-refractivity contribution < 1.29 is 4.21 Å². The third-order valence-electron chi connectivity index (χ3n) is 7.19. The van der Waals surface area contributed by atoms with Gasteiger partial charge in [-0.1, -0.05) is 118 Å². The molecule has 186 valence electrons. The van der Waals surface area contributed by atoms with E-state index in [1.807, 2.05) is 30.3 Å². The van der Waals surface area contributed by atoms with E-state index in [-0.39, 0.29) is 6.04 Å². The summed E-state index contributed by atoms with van der Waals surface area (Å²) in [6, 6.07) is 26.9. The second-order valence-electron chi connectivity index (χ2n) is 9.81. The third kappa shape index (κ3) is 6.01. The summed E-state index contributed by atoms with van der Waals surface area (Å²) < 4.78 is 14.4. The number of para-hydroxylation sites is 1. The molecule has 0 spiro atoms. The summed E-state index contributed by atoms with van der Waals surface area (Å²) >= 11 is 6.22. The summed E-state index contributed by atoms with van der Waals surface area (Å²) in [5.74, 6) is 0. The molecular weight excluding hydrogens is 470 g/mol. The molecule has 0 aromatic heterocycles. The Morgan fingerprint density at radius 1 is 0.800 bits per heavy atom. The van der Waals surface area contributed by atoms with Crippen molar-refractivity contribution >= 4 is 28.1 Å². The Kier molecular flexibility index (Phi) is 9.08. The van der Waals surface area contributed by atoms with Crippen LogP contribution in [0.5, 0.6) is 0 Å². The van der Waals surface area contributed by atoms with E-state index in [1.54, 1.807) is 0 Å². The largest absolute Gasteiger partial charge is 0.342 e. The Labute approximate surface area is 219 Å². The molecule has 1 heterocycles. The summed E-state index contributed by atoms with van der Waals surface area (Å²) in [6.45, 7) is 4.34. The zero-order chi connectivity index (χ0) is 24.7. The SMILES string of the molecule is CCCCCCCCCC[C@@]1([S@](=O)c2ccc(C)cc2)[C@@H](c2ccc(Cl)cc2)N1c1ccccc1. The van der Waals surface area contributed by atoms with E-state index >= 15 is 0 Å². The lowest BCUT2D eigenvalue weighted by Crippen LogP contribution is -2.25. The molecule has 4 rings (SSSR count). The Hall–Kier alpha value is -2.10. The maximum atomic E-state index is 14.4. The summed E-state index contributed by atoms with van der Waals surface area (Å²) in [7, 11) is -1.18. The first kappa shape index (κ1) is 26.0. The van der Waals surface area contributed by atoms with Gasteiger partial charge in [0, 0.05) is 15.6 Å². The molecule has 35 heavy (non-hydrogen) atoms. The molecule has 0 unspecified atom stereocenters. The predicted octanol–water partition coefficient (Wildman–Crippen LogP) is 9.24. The molecule has 0 radical (unpaired) electrons. The number of hydrogen-bond donors (Lipinski definition) is 0. The number of hydrogen-bond acceptors (Lipinski definition) is 2. The number of anilines is 1. The van der Waals surface area contributed by atoms with E-state index < -0.39 is 15.7 Å². The van der Waals surface area contributed by atoms with Crippen LogP contribution < -0.4 is 4.90 Å². The minimum atomic E-state index is -1.18. The summed E-state index contributed by atoms with van der Waals surface area (Å²) in [5.41, 5.74) is 3.50. The van der Waals surface area contributed by atoms with E-state index in [1.165, 1.54) is 56.1 Å². The van der Waals surface area contributed by atoms with Crippen molar-refractivity contribution in [1.29, 1.82) is 0 Å². The fourth-order valence-corrected chi connectivity index (χ4v) is 7.27. The fraction of sp³-hybridized carbons (Fsp3) is 0.419. The maximum absolute atomic E-state index is 14.4. The second-order valence-corrected chi connectivity index (χ2v) is 12.0. The zero-order valence-corrected chi connectivity index (χ0v) is 22.7. The monoisotopic (exact) mass is 507 g/mol. The van der Waals surface area contributed by atoms with Crippen LogP contribution >= 0.6 is 11.6 Å². The molecule has 0 amide bonds. The van der Waals surface area contributed by atoms with E-state index in [0.29, 0.717) is 0 Å². The van der Waals surface area contributed by atoms with E-state index in [0.717, 1.165) is 28.4 Å². The molecular formula is C31H38ClNOS. The van der Waals surface area contributed by atoms with Crippen LogP contribution in [0.2, 0.25) is 5.02 Å². The molecule has 0 bridgehead atoms. The summed E-state index contributed by atoms with van der Waals surface area (Å²) in [6.07, 6.45) is 11.0. The number of unbranched alkanes of at least 4 members (excludes halogenated alkanes) is 7. The topological polar surface area (TPSA) is 20.1 Å². The molecule has 1 aliphatic rings. The van der Waals surface area contributed by atoms with Crippen molar-refractivity contribution in [2.75, 3.05) is 4.90 Å². The average molecular weight is 508 g/mol. The third-order valence-corrected chi connectivity index (χ3v) is 9.41. The van der Waals surface area contributed by atoms with Crippen molar-refractivity contribution in [1.82, 2.24) is 0 Å². The number of benzene rings is 3. The highest BCUT2D eigenvalue weighted by atomic mass is 35.5. The van der Waals surface area contributed by atoms with Crippen LogP contribution in [-0.4, -0.2) is 9.08 Å². The summed E-state index contributed by atoms with van der Waals surface area (Å²) in [4.78, 5) is 2.85. The van der Waals surface area contributed by atoms with Crippen LogP contribution in [-0.2, 0) is 10.8 Å². The number of aryl methyl sites for hydroxylation is 1. The predicted molar refractivity (Wildman–Crippen MR) is 151 cm³/mol. The van der Waals surface area contributed by atoms with E-state index in [9.17, 15) is 4.21 Å².